The third-order valence-corrected chi connectivity index (χ3v) is 3.35. The maximum atomic E-state index is 11.9. The Morgan fingerprint density at radius 1 is 1.47 bits per heavy atom. The molecule has 5 heteroatoms. The number of nitrogens with one attached hydrogen (secondary N) is 1. The van der Waals surface area contributed by atoms with Crippen molar-refractivity contribution in [2.75, 3.05) is 13.2 Å². The first-order chi connectivity index (χ1) is 8.97. The third-order valence-electron chi connectivity index (χ3n) is 3.35. The van der Waals surface area contributed by atoms with Crippen molar-refractivity contribution >= 4 is 5.91 Å². The van der Waals surface area contributed by atoms with Crippen molar-refractivity contribution in [1.29, 1.82) is 0 Å². The van der Waals surface area contributed by atoms with Crippen LogP contribution in [0.3, 0.4) is 0 Å². The molecular weight excluding hydrogens is 242 g/mol. The summed E-state index contributed by atoms with van der Waals surface area (Å²) in [5.74, 6) is 0.149. The quantitative estimate of drug-likeness (QED) is 0.829. The molecule has 2 atom stereocenters. The van der Waals surface area contributed by atoms with Crippen LogP contribution in [-0.4, -0.2) is 35.7 Å². The van der Waals surface area contributed by atoms with Gasteiger partial charge in [0.05, 0.1) is 24.8 Å². The van der Waals surface area contributed by atoms with Crippen LogP contribution in [0.2, 0.25) is 0 Å². The van der Waals surface area contributed by atoms with Gasteiger partial charge in [-0.25, -0.2) is 0 Å². The van der Waals surface area contributed by atoms with E-state index in [2.05, 4.69) is 10.3 Å². The highest BCUT2D eigenvalue weighted by Crippen LogP contribution is 2.19. The summed E-state index contributed by atoms with van der Waals surface area (Å²) in [6.45, 7) is 4.63. The molecule has 2 rings (SSSR count). The molecule has 0 unspecified atom stereocenters. The first kappa shape index (κ1) is 14.0. The van der Waals surface area contributed by atoms with Crippen LogP contribution in [0.5, 0.6) is 0 Å². The minimum atomic E-state index is -0.857. The van der Waals surface area contributed by atoms with E-state index in [1.807, 2.05) is 12.1 Å². The summed E-state index contributed by atoms with van der Waals surface area (Å²) in [6.07, 6.45) is 4.43. The Morgan fingerprint density at radius 2 is 2.16 bits per heavy atom. The van der Waals surface area contributed by atoms with Crippen LogP contribution in [0.25, 0.3) is 0 Å². The first-order valence-electron chi connectivity index (χ1n) is 6.53. The molecule has 1 amide bonds. The maximum absolute atomic E-state index is 11.9. The molecule has 1 saturated heterocycles. The van der Waals surface area contributed by atoms with E-state index in [1.165, 1.54) is 5.56 Å². The lowest BCUT2D eigenvalue weighted by Gasteiger charge is -2.24. The van der Waals surface area contributed by atoms with Gasteiger partial charge >= 0.3 is 0 Å². The van der Waals surface area contributed by atoms with Gasteiger partial charge in [0.25, 0.3) is 0 Å². The molecule has 0 aliphatic carbocycles. The molecule has 1 aliphatic heterocycles. The second-order valence-electron chi connectivity index (χ2n) is 5.66. The monoisotopic (exact) mass is 263 g/mol. The molecule has 1 fully saturated rings. The Balaban J connectivity index is 1.96. The van der Waals surface area contributed by atoms with Crippen molar-refractivity contribution < 1.29 is 9.53 Å². The lowest BCUT2D eigenvalue weighted by atomic mass is 9.94. The van der Waals surface area contributed by atoms with E-state index >= 15 is 0 Å². The van der Waals surface area contributed by atoms with Gasteiger partial charge in [-0.3, -0.25) is 9.78 Å². The van der Waals surface area contributed by atoms with Crippen LogP contribution in [0.1, 0.15) is 19.4 Å². The zero-order chi connectivity index (χ0) is 13.9. The van der Waals surface area contributed by atoms with E-state index in [9.17, 15) is 4.79 Å². The average Bonchev–Trinajstić information content (AvgIpc) is 2.77. The summed E-state index contributed by atoms with van der Waals surface area (Å²) >= 11 is 0. The fourth-order valence-electron chi connectivity index (χ4n) is 2.14. The minimum absolute atomic E-state index is 0.0310. The summed E-state index contributed by atoms with van der Waals surface area (Å²) in [5.41, 5.74) is 6.14. The number of nitrogens with two attached hydrogens (primary N) is 1. The maximum Gasteiger partial charge on any atom is 0.239 e. The molecule has 104 valence electrons. The molecule has 0 saturated carbocycles. The van der Waals surface area contributed by atoms with Crippen LogP contribution in [-0.2, 0) is 16.0 Å². The van der Waals surface area contributed by atoms with Crippen LogP contribution >= 0.6 is 0 Å². The molecule has 0 bridgehead atoms. The fourth-order valence-corrected chi connectivity index (χ4v) is 2.14. The van der Waals surface area contributed by atoms with Gasteiger partial charge in [-0.05, 0) is 38.0 Å². The number of amides is 1. The normalized spacial score (nSPS) is 23.3. The van der Waals surface area contributed by atoms with Crippen molar-refractivity contribution in [3.8, 4) is 0 Å². The van der Waals surface area contributed by atoms with Gasteiger partial charge in [0.2, 0.25) is 5.91 Å². The summed E-state index contributed by atoms with van der Waals surface area (Å²) in [5, 5.41) is 2.98. The number of carbonyl (C=O) groups is 1. The van der Waals surface area contributed by atoms with Gasteiger partial charge in [0.1, 0.15) is 0 Å². The number of pyridine rings is 1. The average molecular weight is 263 g/mol. The Bertz CT molecular complexity index is 428. The lowest BCUT2D eigenvalue weighted by molar-refractivity contribution is -0.126. The lowest BCUT2D eigenvalue weighted by Crippen LogP contribution is -2.53. The molecule has 0 aromatic carbocycles. The fraction of sp³-hybridized carbons (Fsp3) is 0.571. The van der Waals surface area contributed by atoms with Crippen molar-refractivity contribution in [2.45, 2.75) is 31.8 Å². The Hall–Kier alpha value is -1.46. The number of ether oxygens (including phenoxy) is 1. The molecular formula is C14H21N3O2. The van der Waals surface area contributed by atoms with Gasteiger partial charge in [-0.15, -0.1) is 0 Å². The molecule has 1 aromatic rings. The van der Waals surface area contributed by atoms with Gasteiger partial charge < -0.3 is 15.8 Å². The van der Waals surface area contributed by atoms with Gasteiger partial charge in [0.15, 0.2) is 0 Å². The van der Waals surface area contributed by atoms with E-state index in [-0.39, 0.29) is 17.9 Å². The van der Waals surface area contributed by atoms with Crippen LogP contribution in [0.15, 0.2) is 24.5 Å². The summed E-state index contributed by atoms with van der Waals surface area (Å²) in [4.78, 5) is 15.9. The number of carbonyl (C=O) groups excluding carboxylic acids is 1. The summed E-state index contributed by atoms with van der Waals surface area (Å²) in [6, 6.07) is 4.01. The van der Waals surface area contributed by atoms with Crippen LogP contribution in [0.4, 0.5) is 0 Å². The van der Waals surface area contributed by atoms with Crippen LogP contribution < -0.4 is 11.1 Å². The van der Waals surface area contributed by atoms with E-state index < -0.39 is 5.54 Å². The van der Waals surface area contributed by atoms with Crippen molar-refractivity contribution in [3.63, 3.8) is 0 Å². The number of nitrogens with zero attached hydrogens (tertiary/aromatic N) is 1. The van der Waals surface area contributed by atoms with Gasteiger partial charge in [0, 0.05) is 18.3 Å². The number of hydrogen-bond donors (Lipinski definition) is 2. The zero-order valence-corrected chi connectivity index (χ0v) is 11.4. The highest BCUT2D eigenvalue weighted by atomic mass is 16.5. The predicted molar refractivity (Wildman–Crippen MR) is 72.4 cm³/mol. The molecule has 3 N–H and O–H groups in total. The highest BCUT2D eigenvalue weighted by molar-refractivity contribution is 5.85. The van der Waals surface area contributed by atoms with E-state index in [0.717, 1.165) is 6.42 Å². The third kappa shape index (κ3) is 3.75. The molecule has 1 aromatic heterocycles. The Kier molecular flexibility index (Phi) is 4.17. The highest BCUT2D eigenvalue weighted by Gasteiger charge is 2.32. The van der Waals surface area contributed by atoms with Gasteiger partial charge in [-0.2, -0.15) is 0 Å². The van der Waals surface area contributed by atoms with Gasteiger partial charge in [-0.1, -0.05) is 0 Å². The molecule has 5 nitrogen and oxygen atoms in total. The SMILES string of the molecule is CC(C)(N)C(=O)N[C@H]1COC[C@H]1Cc1ccncc1. The second kappa shape index (κ2) is 5.67. The van der Waals surface area contributed by atoms with E-state index in [4.69, 9.17) is 10.5 Å². The zero-order valence-electron chi connectivity index (χ0n) is 11.4. The number of aromatic nitrogens is 1. The smallest absolute Gasteiger partial charge is 0.239 e. The van der Waals surface area contributed by atoms with Crippen LogP contribution in [0, 0.1) is 5.92 Å². The standard InChI is InChI=1S/C14H21N3O2/c1-14(2,15)13(18)17-12-9-19-8-11(12)7-10-3-5-16-6-4-10/h3-6,11-12H,7-9,15H2,1-2H3,(H,17,18)/t11-,12+/m1/s1. The van der Waals surface area contributed by atoms with E-state index in [1.54, 1.807) is 26.2 Å². The Morgan fingerprint density at radius 3 is 2.79 bits per heavy atom. The number of rotatable bonds is 4. The minimum Gasteiger partial charge on any atom is -0.379 e. The largest absolute Gasteiger partial charge is 0.379 e. The molecule has 2 heterocycles. The molecule has 0 radical (unpaired) electrons. The van der Waals surface area contributed by atoms with E-state index in [0.29, 0.717) is 13.2 Å². The number of hydrogen-bond acceptors (Lipinski definition) is 4. The molecule has 0 spiro atoms. The summed E-state index contributed by atoms with van der Waals surface area (Å²) in [7, 11) is 0. The van der Waals surface area contributed by atoms with Crippen molar-refractivity contribution in [2.24, 2.45) is 11.7 Å². The topological polar surface area (TPSA) is 77.2 Å². The second-order valence-corrected chi connectivity index (χ2v) is 5.66. The summed E-state index contributed by atoms with van der Waals surface area (Å²) < 4.78 is 5.48. The van der Waals surface area contributed by atoms with Crippen molar-refractivity contribution in [3.05, 3.63) is 30.1 Å². The predicted octanol–water partition coefficient (Wildman–Crippen LogP) is 0.493. The first-order valence-corrected chi connectivity index (χ1v) is 6.53. The molecule has 1 aliphatic rings. The van der Waals surface area contributed by atoms with Crippen molar-refractivity contribution in [1.82, 2.24) is 10.3 Å². The Labute approximate surface area is 113 Å². The molecule has 19 heavy (non-hydrogen) atoms.